The first-order valence-corrected chi connectivity index (χ1v) is 10.5. The van der Waals surface area contributed by atoms with E-state index in [0.717, 1.165) is 42.7 Å². The number of unbranched alkanes of at least 4 members (excludes halogenated alkanes) is 1. The fourth-order valence-corrected chi connectivity index (χ4v) is 3.84. The largest absolute Gasteiger partial charge is 0.497 e. The molecule has 1 fully saturated rings. The molecule has 0 spiro atoms. The molecule has 1 aliphatic rings. The van der Waals surface area contributed by atoms with Gasteiger partial charge in [0.2, 0.25) is 0 Å². The first-order valence-electron chi connectivity index (χ1n) is 10.5. The van der Waals surface area contributed by atoms with Gasteiger partial charge in [-0.2, -0.15) is 0 Å². The first kappa shape index (κ1) is 21.8. The van der Waals surface area contributed by atoms with E-state index in [1.54, 1.807) is 27.4 Å². The molecule has 0 saturated carbocycles. The number of likely N-dealkylation sites (tertiary alicyclic amines) is 1. The van der Waals surface area contributed by atoms with E-state index in [1.807, 2.05) is 35.2 Å². The maximum absolute atomic E-state index is 13.4. The predicted molar refractivity (Wildman–Crippen MR) is 116 cm³/mol. The van der Waals surface area contributed by atoms with Gasteiger partial charge < -0.3 is 23.8 Å². The summed E-state index contributed by atoms with van der Waals surface area (Å²) in [4.78, 5) is 15.3. The van der Waals surface area contributed by atoms with Crippen LogP contribution in [0.4, 0.5) is 0 Å². The topological polar surface area (TPSA) is 57.2 Å². The van der Waals surface area contributed by atoms with Gasteiger partial charge in [0.1, 0.15) is 11.5 Å². The number of carbonyl (C=O) groups is 1. The molecule has 6 nitrogen and oxygen atoms in total. The Balaban J connectivity index is 1.84. The molecule has 1 atom stereocenters. The Hall–Kier alpha value is -2.89. The minimum absolute atomic E-state index is 0.0196. The Kier molecular flexibility index (Phi) is 7.44. The second kappa shape index (κ2) is 10.2. The number of hydrogen-bond donors (Lipinski definition) is 0. The fraction of sp³-hybridized carbons (Fsp3) is 0.458. The van der Waals surface area contributed by atoms with Gasteiger partial charge in [-0.1, -0.05) is 13.3 Å². The van der Waals surface area contributed by atoms with Crippen LogP contribution in [-0.2, 0) is 0 Å². The van der Waals surface area contributed by atoms with E-state index in [2.05, 4.69) is 6.92 Å². The van der Waals surface area contributed by atoms with Gasteiger partial charge in [0, 0.05) is 23.7 Å². The van der Waals surface area contributed by atoms with Crippen molar-refractivity contribution in [1.82, 2.24) is 4.90 Å². The van der Waals surface area contributed by atoms with Gasteiger partial charge in [0.15, 0.2) is 11.5 Å². The normalized spacial score (nSPS) is 15.7. The van der Waals surface area contributed by atoms with Gasteiger partial charge in [-0.25, -0.2) is 0 Å². The lowest BCUT2D eigenvalue weighted by atomic mass is 10.0. The van der Waals surface area contributed by atoms with E-state index in [-0.39, 0.29) is 11.9 Å². The van der Waals surface area contributed by atoms with Crippen molar-refractivity contribution in [3.05, 3.63) is 47.5 Å². The number of rotatable bonds is 9. The standard InChI is InChI=1S/C24H31NO5/c1-5-6-14-30-21-12-9-17(15-23(21)29-4)24(26)25-13-7-8-20(25)19-11-10-18(27-2)16-22(19)28-3/h9-12,15-16,20H,5-8,13-14H2,1-4H3. The lowest BCUT2D eigenvalue weighted by Crippen LogP contribution is -2.30. The summed E-state index contributed by atoms with van der Waals surface area (Å²) in [6, 6.07) is 11.1. The summed E-state index contributed by atoms with van der Waals surface area (Å²) in [7, 11) is 4.86. The average molecular weight is 414 g/mol. The van der Waals surface area contributed by atoms with Gasteiger partial charge >= 0.3 is 0 Å². The fourth-order valence-electron chi connectivity index (χ4n) is 3.84. The number of hydrogen-bond acceptors (Lipinski definition) is 5. The highest BCUT2D eigenvalue weighted by Crippen LogP contribution is 2.40. The summed E-state index contributed by atoms with van der Waals surface area (Å²) >= 11 is 0. The van der Waals surface area contributed by atoms with Crippen LogP contribution in [0, 0.1) is 0 Å². The number of amides is 1. The van der Waals surface area contributed by atoms with Crippen LogP contribution in [0.15, 0.2) is 36.4 Å². The maximum Gasteiger partial charge on any atom is 0.254 e. The highest BCUT2D eigenvalue weighted by Gasteiger charge is 2.33. The summed E-state index contributed by atoms with van der Waals surface area (Å²) in [6.45, 7) is 3.45. The van der Waals surface area contributed by atoms with Crippen molar-refractivity contribution >= 4 is 5.91 Å². The van der Waals surface area contributed by atoms with Crippen LogP contribution in [0.5, 0.6) is 23.0 Å². The zero-order valence-electron chi connectivity index (χ0n) is 18.3. The number of nitrogens with zero attached hydrogens (tertiary/aromatic N) is 1. The molecule has 0 bridgehead atoms. The number of benzene rings is 2. The van der Waals surface area contributed by atoms with E-state index in [0.29, 0.717) is 30.2 Å². The van der Waals surface area contributed by atoms with Gasteiger partial charge in [0.05, 0.1) is 34.0 Å². The van der Waals surface area contributed by atoms with Crippen LogP contribution in [0.3, 0.4) is 0 Å². The molecule has 0 aliphatic carbocycles. The van der Waals surface area contributed by atoms with Crippen molar-refractivity contribution in [2.75, 3.05) is 34.5 Å². The molecule has 3 rings (SSSR count). The number of carbonyl (C=O) groups excluding carboxylic acids is 1. The van der Waals surface area contributed by atoms with E-state index in [1.165, 1.54) is 0 Å². The Bertz CT molecular complexity index is 867. The Labute approximate surface area is 178 Å². The maximum atomic E-state index is 13.4. The van der Waals surface area contributed by atoms with Crippen molar-refractivity contribution in [2.24, 2.45) is 0 Å². The Morgan fingerprint density at radius 2 is 1.80 bits per heavy atom. The molecule has 1 amide bonds. The van der Waals surface area contributed by atoms with E-state index in [4.69, 9.17) is 18.9 Å². The molecule has 30 heavy (non-hydrogen) atoms. The summed E-state index contributed by atoms with van der Waals surface area (Å²) in [6.07, 6.45) is 3.87. The van der Waals surface area contributed by atoms with Crippen LogP contribution in [-0.4, -0.2) is 45.3 Å². The summed E-state index contributed by atoms with van der Waals surface area (Å²) in [5.41, 5.74) is 1.59. The third kappa shape index (κ3) is 4.64. The average Bonchev–Trinajstić information content (AvgIpc) is 3.28. The summed E-state index contributed by atoms with van der Waals surface area (Å²) < 4.78 is 22.1. The molecule has 6 heteroatoms. The molecular formula is C24H31NO5. The van der Waals surface area contributed by atoms with Gasteiger partial charge in [-0.05, 0) is 49.6 Å². The van der Waals surface area contributed by atoms with Crippen molar-refractivity contribution in [2.45, 2.75) is 38.6 Å². The highest BCUT2D eigenvalue weighted by atomic mass is 16.5. The van der Waals surface area contributed by atoms with E-state index in [9.17, 15) is 4.79 Å². The van der Waals surface area contributed by atoms with Crippen molar-refractivity contribution in [3.63, 3.8) is 0 Å². The third-order valence-corrected chi connectivity index (χ3v) is 5.48. The first-order chi connectivity index (χ1) is 14.6. The minimum Gasteiger partial charge on any atom is -0.497 e. The lowest BCUT2D eigenvalue weighted by molar-refractivity contribution is 0.0733. The Morgan fingerprint density at radius 3 is 2.50 bits per heavy atom. The zero-order chi connectivity index (χ0) is 21.5. The second-order valence-corrected chi connectivity index (χ2v) is 7.33. The summed E-state index contributed by atoms with van der Waals surface area (Å²) in [5.74, 6) is 2.69. The molecule has 1 unspecified atom stereocenters. The van der Waals surface area contributed by atoms with E-state index >= 15 is 0 Å². The molecule has 1 heterocycles. The van der Waals surface area contributed by atoms with Crippen molar-refractivity contribution in [1.29, 1.82) is 0 Å². The van der Waals surface area contributed by atoms with Gasteiger partial charge in [0.25, 0.3) is 5.91 Å². The number of ether oxygens (including phenoxy) is 4. The second-order valence-electron chi connectivity index (χ2n) is 7.33. The van der Waals surface area contributed by atoms with E-state index < -0.39 is 0 Å². The quantitative estimate of drug-likeness (QED) is 0.549. The molecule has 1 aliphatic heterocycles. The van der Waals surface area contributed by atoms with Gasteiger partial charge in [-0.3, -0.25) is 4.79 Å². The zero-order valence-corrected chi connectivity index (χ0v) is 18.3. The molecule has 0 N–H and O–H groups in total. The lowest BCUT2D eigenvalue weighted by Gasteiger charge is -2.27. The van der Waals surface area contributed by atoms with Crippen LogP contribution in [0.1, 0.15) is 54.6 Å². The molecule has 162 valence electrons. The summed E-state index contributed by atoms with van der Waals surface area (Å²) in [5, 5.41) is 0. The Morgan fingerprint density at radius 1 is 1.00 bits per heavy atom. The molecular weight excluding hydrogens is 382 g/mol. The van der Waals surface area contributed by atoms with Gasteiger partial charge in [-0.15, -0.1) is 0 Å². The molecule has 2 aromatic carbocycles. The molecule has 0 aromatic heterocycles. The minimum atomic E-state index is -0.0372. The predicted octanol–water partition coefficient (Wildman–Crippen LogP) is 4.87. The molecule has 2 aromatic rings. The van der Waals surface area contributed by atoms with Crippen molar-refractivity contribution < 1.29 is 23.7 Å². The smallest absolute Gasteiger partial charge is 0.254 e. The monoisotopic (exact) mass is 413 g/mol. The SMILES string of the molecule is CCCCOc1ccc(C(=O)N2CCCC2c2ccc(OC)cc2OC)cc1OC. The van der Waals surface area contributed by atoms with Crippen LogP contribution < -0.4 is 18.9 Å². The number of methoxy groups -OCH3 is 3. The van der Waals surface area contributed by atoms with Crippen LogP contribution in [0.2, 0.25) is 0 Å². The molecule has 1 saturated heterocycles. The highest BCUT2D eigenvalue weighted by molar-refractivity contribution is 5.95. The molecule has 0 radical (unpaired) electrons. The van der Waals surface area contributed by atoms with Crippen molar-refractivity contribution in [3.8, 4) is 23.0 Å². The van der Waals surface area contributed by atoms with Crippen LogP contribution >= 0.6 is 0 Å². The third-order valence-electron chi connectivity index (χ3n) is 5.48. The van der Waals surface area contributed by atoms with Crippen LogP contribution in [0.25, 0.3) is 0 Å².